The second kappa shape index (κ2) is 10.3. The molecule has 0 bridgehead atoms. The van der Waals surface area contributed by atoms with E-state index in [2.05, 4.69) is 29.8 Å². The van der Waals surface area contributed by atoms with Crippen LogP contribution in [-0.2, 0) is 9.59 Å². The molecule has 8 heteroatoms. The van der Waals surface area contributed by atoms with Crippen molar-refractivity contribution in [1.29, 1.82) is 0 Å². The maximum atomic E-state index is 13.3. The van der Waals surface area contributed by atoms with Crippen molar-refractivity contribution in [3.63, 3.8) is 0 Å². The van der Waals surface area contributed by atoms with Crippen LogP contribution in [0.15, 0.2) is 0 Å². The fraction of sp³-hybridized carbons (Fsp3) is 0.880. The number of alkyl halides is 1. The third-order valence-corrected chi connectivity index (χ3v) is 8.96. The van der Waals surface area contributed by atoms with Gasteiger partial charge in [0.25, 0.3) is 0 Å². The number of carbonyl (C=O) groups is 3. The predicted octanol–water partition coefficient (Wildman–Crippen LogP) is 2.99. The molecule has 4 fully saturated rings. The monoisotopic (exact) mass is 464 g/mol. The van der Waals surface area contributed by atoms with Gasteiger partial charge in [-0.1, -0.05) is 6.92 Å². The maximum absolute atomic E-state index is 13.3. The summed E-state index contributed by atoms with van der Waals surface area (Å²) in [7, 11) is 1.95. The Morgan fingerprint density at radius 1 is 1.03 bits per heavy atom. The molecular weight excluding hydrogens is 423 g/mol. The van der Waals surface area contributed by atoms with Crippen molar-refractivity contribution >= 4 is 17.8 Å². The average molecular weight is 465 g/mol. The standard InChI is InChI=1S/C25H41FN4O3/c1-14-4-5-16(23(31)29-25(33)28-19-8-6-18(26)7-9-19)11-20(14)21-12-17-13-27-15(2)10-22(17)30(3)24(21)32/h14-22,27H,4-13H2,1-3H3,(H2,28,29,31,33). The molecule has 2 aliphatic carbocycles. The SMILES string of the molecule is CC1CC2C(CN1)CC(C1CC(C(=O)NC(=O)NC3CCC(F)CC3)CCC1C)C(=O)N2C. The zero-order valence-electron chi connectivity index (χ0n) is 20.3. The Balaban J connectivity index is 1.34. The second-order valence-corrected chi connectivity index (χ2v) is 11.2. The third-order valence-electron chi connectivity index (χ3n) is 8.96. The van der Waals surface area contributed by atoms with Gasteiger partial charge >= 0.3 is 6.03 Å². The lowest BCUT2D eigenvalue weighted by Crippen LogP contribution is -2.60. The molecule has 0 radical (unpaired) electrons. The summed E-state index contributed by atoms with van der Waals surface area (Å²) >= 11 is 0. The summed E-state index contributed by atoms with van der Waals surface area (Å²) in [6, 6.07) is 0.187. The molecule has 7 nitrogen and oxygen atoms in total. The molecule has 4 rings (SSSR count). The minimum atomic E-state index is -0.779. The molecular formula is C25H41FN4O3. The average Bonchev–Trinajstić information content (AvgIpc) is 2.78. The van der Waals surface area contributed by atoms with Gasteiger partial charge in [0.1, 0.15) is 6.17 Å². The van der Waals surface area contributed by atoms with Crippen LogP contribution >= 0.6 is 0 Å². The van der Waals surface area contributed by atoms with Crippen molar-refractivity contribution < 1.29 is 18.8 Å². The van der Waals surface area contributed by atoms with Gasteiger partial charge in [-0.2, -0.15) is 0 Å². The molecule has 0 aromatic heterocycles. The maximum Gasteiger partial charge on any atom is 0.321 e. The highest BCUT2D eigenvalue weighted by molar-refractivity contribution is 5.95. The minimum absolute atomic E-state index is 0.0539. The van der Waals surface area contributed by atoms with Gasteiger partial charge in [0, 0.05) is 43.6 Å². The molecule has 0 aromatic rings. The number of nitrogens with zero attached hydrogens (tertiary/aromatic N) is 1. The Morgan fingerprint density at radius 2 is 1.76 bits per heavy atom. The second-order valence-electron chi connectivity index (χ2n) is 11.2. The van der Waals surface area contributed by atoms with E-state index in [4.69, 9.17) is 0 Å². The summed E-state index contributed by atoms with van der Waals surface area (Å²) in [4.78, 5) is 40.6. The van der Waals surface area contributed by atoms with Crippen LogP contribution in [0.1, 0.15) is 71.6 Å². The summed E-state index contributed by atoms with van der Waals surface area (Å²) < 4.78 is 13.3. The normalized spacial score (nSPS) is 41.8. The number of likely N-dealkylation sites (tertiary alicyclic amines) is 1. The first-order valence-electron chi connectivity index (χ1n) is 13.0. The topological polar surface area (TPSA) is 90.5 Å². The highest BCUT2D eigenvalue weighted by Crippen LogP contribution is 2.44. The fourth-order valence-corrected chi connectivity index (χ4v) is 6.84. The molecule has 2 aliphatic heterocycles. The van der Waals surface area contributed by atoms with Crippen molar-refractivity contribution in [1.82, 2.24) is 20.9 Å². The van der Waals surface area contributed by atoms with Gasteiger partial charge in [-0.25, -0.2) is 9.18 Å². The van der Waals surface area contributed by atoms with Crippen LogP contribution in [0.2, 0.25) is 0 Å². The molecule has 3 N–H and O–H groups in total. The molecule has 4 amide bonds. The number of nitrogens with one attached hydrogen (secondary N) is 3. The van der Waals surface area contributed by atoms with Gasteiger partial charge in [0.05, 0.1) is 0 Å². The third kappa shape index (κ3) is 5.52. The van der Waals surface area contributed by atoms with Gasteiger partial charge in [-0.05, 0) is 82.5 Å². The predicted molar refractivity (Wildman–Crippen MR) is 124 cm³/mol. The molecule has 0 aromatic carbocycles. The first-order chi connectivity index (χ1) is 15.7. The van der Waals surface area contributed by atoms with E-state index < -0.39 is 12.2 Å². The number of imide groups is 1. The Kier molecular flexibility index (Phi) is 7.61. The summed E-state index contributed by atoms with van der Waals surface area (Å²) in [5, 5.41) is 8.93. The number of rotatable bonds is 3. The van der Waals surface area contributed by atoms with E-state index in [9.17, 15) is 18.8 Å². The first-order valence-corrected chi connectivity index (χ1v) is 13.0. The molecule has 4 aliphatic rings. The van der Waals surface area contributed by atoms with Crippen molar-refractivity contribution in [2.45, 2.75) is 95.9 Å². The molecule has 7 unspecified atom stereocenters. The molecule has 7 atom stereocenters. The van der Waals surface area contributed by atoms with Gasteiger partial charge < -0.3 is 15.5 Å². The van der Waals surface area contributed by atoms with Gasteiger partial charge in [-0.3, -0.25) is 14.9 Å². The van der Waals surface area contributed by atoms with E-state index in [1.807, 2.05) is 11.9 Å². The number of hydrogen-bond acceptors (Lipinski definition) is 4. The summed E-state index contributed by atoms with van der Waals surface area (Å²) in [5.74, 6) is 0.678. The summed E-state index contributed by atoms with van der Waals surface area (Å²) in [6.07, 6.45) is 5.52. The van der Waals surface area contributed by atoms with Crippen molar-refractivity contribution in [2.75, 3.05) is 13.6 Å². The van der Waals surface area contributed by atoms with Crippen LogP contribution in [0.4, 0.5) is 9.18 Å². The number of halogens is 1. The lowest BCUT2D eigenvalue weighted by molar-refractivity contribution is -0.149. The Labute approximate surface area is 197 Å². The molecule has 33 heavy (non-hydrogen) atoms. The molecule has 2 heterocycles. The number of fused-ring (bicyclic) bond motifs is 1. The summed E-state index contributed by atoms with van der Waals surface area (Å²) in [6.45, 7) is 5.32. The van der Waals surface area contributed by atoms with E-state index >= 15 is 0 Å². The highest BCUT2D eigenvalue weighted by atomic mass is 19.1. The summed E-state index contributed by atoms with van der Waals surface area (Å²) in [5.41, 5.74) is 0. The van der Waals surface area contributed by atoms with E-state index in [0.29, 0.717) is 56.0 Å². The molecule has 2 saturated carbocycles. The van der Waals surface area contributed by atoms with E-state index in [1.165, 1.54) is 0 Å². The van der Waals surface area contributed by atoms with Crippen LogP contribution < -0.4 is 16.0 Å². The number of amides is 4. The van der Waals surface area contributed by atoms with Crippen LogP contribution in [-0.4, -0.2) is 60.6 Å². The number of urea groups is 1. The lowest BCUT2D eigenvalue weighted by Gasteiger charge is -2.50. The van der Waals surface area contributed by atoms with Crippen LogP contribution in [0.5, 0.6) is 0 Å². The van der Waals surface area contributed by atoms with Gasteiger partial charge in [0.2, 0.25) is 11.8 Å². The highest BCUT2D eigenvalue weighted by Gasteiger charge is 2.47. The Morgan fingerprint density at radius 3 is 2.48 bits per heavy atom. The molecule has 2 saturated heterocycles. The lowest BCUT2D eigenvalue weighted by atomic mass is 9.64. The van der Waals surface area contributed by atoms with Gasteiger partial charge in [-0.15, -0.1) is 0 Å². The number of hydrogen-bond donors (Lipinski definition) is 3. The van der Waals surface area contributed by atoms with Crippen molar-refractivity contribution in [3.05, 3.63) is 0 Å². The zero-order valence-corrected chi connectivity index (χ0v) is 20.3. The van der Waals surface area contributed by atoms with E-state index in [-0.39, 0.29) is 35.6 Å². The fourth-order valence-electron chi connectivity index (χ4n) is 6.84. The van der Waals surface area contributed by atoms with Crippen LogP contribution in [0.25, 0.3) is 0 Å². The molecule has 186 valence electrons. The largest absolute Gasteiger partial charge is 0.342 e. The number of carbonyl (C=O) groups excluding carboxylic acids is 3. The van der Waals surface area contributed by atoms with Crippen molar-refractivity contribution in [3.8, 4) is 0 Å². The van der Waals surface area contributed by atoms with E-state index in [1.54, 1.807) is 0 Å². The zero-order chi connectivity index (χ0) is 23.7. The van der Waals surface area contributed by atoms with Crippen molar-refractivity contribution in [2.24, 2.45) is 29.6 Å². The smallest absolute Gasteiger partial charge is 0.321 e. The Hall–Kier alpha value is -1.70. The van der Waals surface area contributed by atoms with E-state index in [0.717, 1.165) is 32.2 Å². The molecule has 0 spiro atoms. The minimum Gasteiger partial charge on any atom is -0.342 e. The van der Waals surface area contributed by atoms with Gasteiger partial charge in [0.15, 0.2) is 0 Å². The number of piperidine rings is 2. The Bertz CT molecular complexity index is 741. The van der Waals surface area contributed by atoms with Crippen LogP contribution in [0, 0.1) is 29.6 Å². The quantitative estimate of drug-likeness (QED) is 0.599. The van der Waals surface area contributed by atoms with Crippen LogP contribution in [0.3, 0.4) is 0 Å². The first kappa shape index (κ1) is 24.4.